The van der Waals surface area contributed by atoms with E-state index >= 15 is 0 Å². The molecule has 0 amide bonds. The molecule has 136 valence electrons. The Morgan fingerprint density at radius 2 is 1.92 bits per heavy atom. The number of halogens is 3. The van der Waals surface area contributed by atoms with Crippen LogP contribution in [0.4, 0.5) is 5.69 Å². The zero-order valence-corrected chi connectivity index (χ0v) is 17.5. The molecule has 0 saturated heterocycles. The molecule has 4 rings (SSSR count). The molecule has 26 heavy (non-hydrogen) atoms. The van der Waals surface area contributed by atoms with E-state index in [9.17, 15) is 0 Å². The Kier molecular flexibility index (Phi) is 4.84. The molecule has 2 aromatic rings. The van der Waals surface area contributed by atoms with Crippen molar-refractivity contribution >= 4 is 44.8 Å². The van der Waals surface area contributed by atoms with Crippen molar-refractivity contribution in [3.8, 4) is 11.5 Å². The lowest BCUT2D eigenvalue weighted by Gasteiger charge is -2.38. The van der Waals surface area contributed by atoms with Crippen LogP contribution in [0.25, 0.3) is 0 Å². The van der Waals surface area contributed by atoms with Gasteiger partial charge in [-0.05, 0) is 58.1 Å². The Bertz CT molecular complexity index is 900. The molecule has 0 unspecified atom stereocenters. The van der Waals surface area contributed by atoms with Crippen molar-refractivity contribution in [2.45, 2.75) is 18.4 Å². The average Bonchev–Trinajstić information content (AvgIpc) is 3.09. The molecular formula is C20H18BrCl2NO2. The topological polar surface area (TPSA) is 30.5 Å². The summed E-state index contributed by atoms with van der Waals surface area (Å²) in [6, 6.07) is 8.01. The number of allylic oxidation sites excluding steroid dienone is 2. The lowest BCUT2D eigenvalue weighted by Crippen LogP contribution is -2.29. The van der Waals surface area contributed by atoms with Gasteiger partial charge in [0.1, 0.15) is 0 Å². The molecule has 0 spiro atoms. The minimum atomic E-state index is 0.119. The molecule has 0 bridgehead atoms. The first-order chi connectivity index (χ1) is 12.5. The molecule has 3 nitrogen and oxygen atoms in total. The first-order valence-corrected chi connectivity index (χ1v) is 9.92. The maximum Gasteiger partial charge on any atom is 0.174 e. The van der Waals surface area contributed by atoms with Gasteiger partial charge in [-0.25, -0.2) is 0 Å². The van der Waals surface area contributed by atoms with Crippen LogP contribution in [0.1, 0.15) is 29.5 Å². The van der Waals surface area contributed by atoms with Gasteiger partial charge in [-0.1, -0.05) is 35.4 Å². The molecule has 1 N–H and O–H groups in total. The van der Waals surface area contributed by atoms with Gasteiger partial charge in [0.15, 0.2) is 11.5 Å². The minimum Gasteiger partial charge on any atom is -0.493 e. The van der Waals surface area contributed by atoms with Crippen LogP contribution in [-0.4, -0.2) is 14.2 Å². The second-order valence-corrected chi connectivity index (χ2v) is 8.26. The van der Waals surface area contributed by atoms with Gasteiger partial charge in [-0.15, -0.1) is 0 Å². The van der Waals surface area contributed by atoms with E-state index in [4.69, 9.17) is 32.7 Å². The van der Waals surface area contributed by atoms with Crippen molar-refractivity contribution in [1.82, 2.24) is 0 Å². The summed E-state index contributed by atoms with van der Waals surface area (Å²) in [6.45, 7) is 0. The first-order valence-electron chi connectivity index (χ1n) is 8.37. The van der Waals surface area contributed by atoms with Crippen LogP contribution in [0.2, 0.25) is 10.0 Å². The zero-order valence-electron chi connectivity index (χ0n) is 14.4. The van der Waals surface area contributed by atoms with Gasteiger partial charge in [-0.3, -0.25) is 0 Å². The van der Waals surface area contributed by atoms with E-state index in [0.717, 1.165) is 27.7 Å². The lowest BCUT2D eigenvalue weighted by atomic mass is 9.77. The van der Waals surface area contributed by atoms with Crippen molar-refractivity contribution < 1.29 is 9.47 Å². The third-order valence-corrected chi connectivity index (χ3v) is 6.31. The molecule has 1 aliphatic carbocycles. The third-order valence-electron chi connectivity index (χ3n) is 5.19. The molecule has 1 aliphatic heterocycles. The molecule has 0 fully saturated rings. The summed E-state index contributed by atoms with van der Waals surface area (Å²) in [5, 5.41) is 5.01. The van der Waals surface area contributed by atoms with Gasteiger partial charge >= 0.3 is 0 Å². The molecule has 1 heterocycles. The highest BCUT2D eigenvalue weighted by molar-refractivity contribution is 9.10. The molecule has 2 aliphatic rings. The van der Waals surface area contributed by atoms with E-state index in [2.05, 4.69) is 39.5 Å². The quantitative estimate of drug-likeness (QED) is 0.530. The minimum absolute atomic E-state index is 0.119. The van der Waals surface area contributed by atoms with Crippen molar-refractivity contribution in [1.29, 1.82) is 0 Å². The smallest absolute Gasteiger partial charge is 0.174 e. The number of nitrogens with one attached hydrogen (secondary N) is 1. The van der Waals surface area contributed by atoms with Crippen molar-refractivity contribution in [3.05, 3.63) is 62.1 Å². The number of hydrogen-bond donors (Lipinski definition) is 1. The van der Waals surface area contributed by atoms with E-state index in [0.29, 0.717) is 27.5 Å². The Hall–Kier alpha value is -1.36. The fraction of sp³-hybridized carbons (Fsp3) is 0.300. The standard InChI is InChI=1S/C20H18BrCl2NO2/c1-25-17-7-10(6-14(21)20(17)26-2)19-13-5-3-4-12(13)18-15(23)8-11(22)9-16(18)24-19/h3-4,6-9,12-13,19,24H,5H2,1-2H3/t12-,13+,19+/m0/s1. The molecule has 6 heteroatoms. The summed E-state index contributed by atoms with van der Waals surface area (Å²) < 4.78 is 11.8. The largest absolute Gasteiger partial charge is 0.493 e. The number of hydrogen-bond acceptors (Lipinski definition) is 3. The van der Waals surface area contributed by atoms with Crippen LogP contribution < -0.4 is 14.8 Å². The Morgan fingerprint density at radius 1 is 1.12 bits per heavy atom. The van der Waals surface area contributed by atoms with E-state index in [1.807, 2.05) is 18.2 Å². The number of ether oxygens (including phenoxy) is 2. The molecule has 3 atom stereocenters. The van der Waals surface area contributed by atoms with Crippen LogP contribution in [-0.2, 0) is 0 Å². The predicted octanol–water partition coefficient (Wildman–Crippen LogP) is 6.60. The highest BCUT2D eigenvalue weighted by atomic mass is 79.9. The summed E-state index contributed by atoms with van der Waals surface area (Å²) in [7, 11) is 3.29. The van der Waals surface area contributed by atoms with Crippen molar-refractivity contribution in [2.75, 3.05) is 19.5 Å². The fourth-order valence-electron chi connectivity index (χ4n) is 4.09. The van der Waals surface area contributed by atoms with Gasteiger partial charge in [0.2, 0.25) is 0 Å². The normalized spacial score (nSPS) is 23.2. The van der Waals surface area contributed by atoms with Gasteiger partial charge in [0.25, 0.3) is 0 Å². The number of methoxy groups -OCH3 is 2. The van der Waals surface area contributed by atoms with Gasteiger partial charge in [0.05, 0.1) is 24.7 Å². The van der Waals surface area contributed by atoms with E-state index in [1.54, 1.807) is 14.2 Å². The van der Waals surface area contributed by atoms with Crippen LogP contribution >= 0.6 is 39.1 Å². The van der Waals surface area contributed by atoms with Crippen LogP contribution in [0.3, 0.4) is 0 Å². The SMILES string of the molecule is COc1cc([C@H]2Nc3cc(Cl)cc(Cl)c3[C@H]3C=CC[C@H]32)cc(Br)c1OC. The van der Waals surface area contributed by atoms with Crippen molar-refractivity contribution in [2.24, 2.45) is 5.92 Å². The van der Waals surface area contributed by atoms with Crippen molar-refractivity contribution in [3.63, 3.8) is 0 Å². The van der Waals surface area contributed by atoms with Gasteiger partial charge in [0, 0.05) is 27.2 Å². The van der Waals surface area contributed by atoms with Crippen LogP contribution in [0, 0.1) is 5.92 Å². The maximum absolute atomic E-state index is 6.52. The summed E-state index contributed by atoms with van der Waals surface area (Å²) >= 11 is 16.4. The molecule has 0 aromatic heterocycles. The summed E-state index contributed by atoms with van der Waals surface area (Å²) in [5.41, 5.74) is 3.26. The second-order valence-electron chi connectivity index (χ2n) is 6.56. The number of benzene rings is 2. The molecule has 0 radical (unpaired) electrons. The van der Waals surface area contributed by atoms with Crippen LogP contribution in [0.5, 0.6) is 11.5 Å². The zero-order chi connectivity index (χ0) is 18.4. The van der Waals surface area contributed by atoms with E-state index in [1.165, 1.54) is 0 Å². The van der Waals surface area contributed by atoms with Gasteiger partial charge < -0.3 is 14.8 Å². The second kappa shape index (κ2) is 6.99. The highest BCUT2D eigenvalue weighted by Crippen LogP contribution is 2.53. The number of anilines is 1. The lowest BCUT2D eigenvalue weighted by molar-refractivity contribution is 0.351. The van der Waals surface area contributed by atoms with E-state index in [-0.39, 0.29) is 12.0 Å². The number of fused-ring (bicyclic) bond motifs is 3. The molecular weight excluding hydrogens is 437 g/mol. The van der Waals surface area contributed by atoms with Gasteiger partial charge in [-0.2, -0.15) is 0 Å². The predicted molar refractivity (Wildman–Crippen MR) is 110 cm³/mol. The van der Waals surface area contributed by atoms with Crippen LogP contribution in [0.15, 0.2) is 40.9 Å². The molecule has 2 aromatic carbocycles. The highest BCUT2D eigenvalue weighted by Gasteiger charge is 2.39. The molecule has 0 saturated carbocycles. The first kappa shape index (κ1) is 18.0. The maximum atomic E-state index is 6.52. The monoisotopic (exact) mass is 453 g/mol. The summed E-state index contributed by atoms with van der Waals surface area (Å²) in [4.78, 5) is 0. The number of rotatable bonds is 3. The summed E-state index contributed by atoms with van der Waals surface area (Å²) in [5.74, 6) is 2.05. The fourth-order valence-corrected chi connectivity index (χ4v) is 5.33. The summed E-state index contributed by atoms with van der Waals surface area (Å²) in [6.07, 6.45) is 5.49. The van der Waals surface area contributed by atoms with E-state index < -0.39 is 0 Å². The third kappa shape index (κ3) is 2.88. The Labute approximate surface area is 171 Å². The Balaban J connectivity index is 1.82. The Morgan fingerprint density at radius 3 is 2.65 bits per heavy atom. The average molecular weight is 455 g/mol.